The third kappa shape index (κ3) is 2.16. The number of allylic oxidation sites excluding steroid dienone is 3. The lowest BCUT2D eigenvalue weighted by Gasteiger charge is -2.09. The molecule has 0 bridgehead atoms. The lowest BCUT2D eigenvalue weighted by molar-refractivity contribution is 0.354. The number of nitriles is 1. The highest BCUT2D eigenvalue weighted by atomic mass is 16.5. The van der Waals surface area contributed by atoms with Crippen LogP contribution in [0.15, 0.2) is 29.9 Å². The van der Waals surface area contributed by atoms with Gasteiger partial charge >= 0.3 is 0 Å². The zero-order chi connectivity index (χ0) is 12.3. The maximum atomic E-state index is 8.50. The summed E-state index contributed by atoms with van der Waals surface area (Å²) in [5, 5.41) is 8.50. The summed E-state index contributed by atoms with van der Waals surface area (Å²) in [5.41, 5.74) is 3.44. The molecule has 3 nitrogen and oxygen atoms in total. The Morgan fingerprint density at radius 1 is 1.24 bits per heavy atom. The van der Waals surface area contributed by atoms with E-state index in [0.29, 0.717) is 0 Å². The normalized spacial score (nSPS) is 13.1. The maximum absolute atomic E-state index is 8.50. The van der Waals surface area contributed by atoms with Gasteiger partial charge in [-0.15, -0.1) is 0 Å². The molecule has 1 aliphatic carbocycles. The van der Waals surface area contributed by atoms with Crippen LogP contribution in [0.5, 0.6) is 11.5 Å². The van der Waals surface area contributed by atoms with E-state index in [-0.39, 0.29) is 0 Å². The minimum atomic E-state index is 0.730. The van der Waals surface area contributed by atoms with E-state index in [1.54, 1.807) is 14.2 Å². The van der Waals surface area contributed by atoms with Crippen LogP contribution >= 0.6 is 0 Å². The van der Waals surface area contributed by atoms with Gasteiger partial charge in [0.15, 0.2) is 11.5 Å². The van der Waals surface area contributed by atoms with Crippen molar-refractivity contribution in [3.63, 3.8) is 0 Å². The smallest absolute Gasteiger partial charge is 0.161 e. The molecule has 0 saturated heterocycles. The van der Waals surface area contributed by atoms with E-state index < -0.39 is 0 Å². The van der Waals surface area contributed by atoms with Gasteiger partial charge < -0.3 is 9.47 Å². The Kier molecular flexibility index (Phi) is 3.15. The average Bonchev–Trinajstić information content (AvgIpc) is 2.76. The first kappa shape index (κ1) is 11.3. The third-order valence-electron chi connectivity index (χ3n) is 2.75. The minimum absolute atomic E-state index is 0.730. The van der Waals surface area contributed by atoms with Crippen molar-refractivity contribution in [3.05, 3.63) is 41.0 Å². The molecular weight excluding hydrogens is 214 g/mol. The van der Waals surface area contributed by atoms with Crippen molar-refractivity contribution in [3.8, 4) is 17.6 Å². The van der Waals surface area contributed by atoms with Crippen LogP contribution in [0.25, 0.3) is 6.08 Å². The molecule has 0 aliphatic heterocycles. The second-order valence-electron chi connectivity index (χ2n) is 3.76. The van der Waals surface area contributed by atoms with E-state index in [4.69, 9.17) is 14.7 Å². The third-order valence-corrected chi connectivity index (χ3v) is 2.75. The Morgan fingerprint density at radius 2 is 1.94 bits per heavy atom. The Hall–Kier alpha value is -2.21. The zero-order valence-corrected chi connectivity index (χ0v) is 9.86. The second-order valence-corrected chi connectivity index (χ2v) is 3.76. The summed E-state index contributed by atoms with van der Waals surface area (Å²) in [6.45, 7) is 0. The molecule has 17 heavy (non-hydrogen) atoms. The number of benzene rings is 1. The quantitative estimate of drug-likeness (QED) is 0.745. The molecule has 1 aromatic rings. The molecule has 0 spiro atoms. The van der Waals surface area contributed by atoms with Crippen LogP contribution in [0.4, 0.5) is 0 Å². The van der Waals surface area contributed by atoms with E-state index in [2.05, 4.69) is 6.08 Å². The molecule has 3 heteroatoms. The van der Waals surface area contributed by atoms with Crippen LogP contribution in [-0.2, 0) is 6.42 Å². The molecule has 0 N–H and O–H groups in total. The van der Waals surface area contributed by atoms with Gasteiger partial charge in [-0.1, -0.05) is 6.08 Å². The number of hydrogen-bond acceptors (Lipinski definition) is 3. The number of ether oxygens (including phenoxy) is 2. The zero-order valence-electron chi connectivity index (χ0n) is 9.86. The highest BCUT2D eigenvalue weighted by Crippen LogP contribution is 2.36. The molecule has 1 aromatic carbocycles. The summed E-state index contributed by atoms with van der Waals surface area (Å²) < 4.78 is 10.5. The van der Waals surface area contributed by atoms with E-state index in [1.165, 1.54) is 11.6 Å². The number of rotatable bonds is 3. The van der Waals surface area contributed by atoms with Crippen molar-refractivity contribution in [2.75, 3.05) is 14.2 Å². The summed E-state index contributed by atoms with van der Waals surface area (Å²) in [6.07, 6.45) is 6.21. The second kappa shape index (κ2) is 4.75. The predicted molar refractivity (Wildman–Crippen MR) is 66.0 cm³/mol. The van der Waals surface area contributed by atoms with E-state index >= 15 is 0 Å². The van der Waals surface area contributed by atoms with Crippen molar-refractivity contribution in [1.82, 2.24) is 0 Å². The highest BCUT2D eigenvalue weighted by Gasteiger charge is 2.15. The van der Waals surface area contributed by atoms with Gasteiger partial charge in [-0.3, -0.25) is 0 Å². The van der Waals surface area contributed by atoms with Crippen molar-refractivity contribution in [2.45, 2.75) is 6.42 Å². The fourth-order valence-corrected chi connectivity index (χ4v) is 1.95. The van der Waals surface area contributed by atoms with Gasteiger partial charge in [-0.2, -0.15) is 5.26 Å². The van der Waals surface area contributed by atoms with Crippen molar-refractivity contribution in [2.24, 2.45) is 0 Å². The van der Waals surface area contributed by atoms with Gasteiger partial charge in [0.05, 0.1) is 20.3 Å². The fraction of sp³-hybridized carbons (Fsp3) is 0.214. The molecule has 2 rings (SSSR count). The summed E-state index contributed by atoms with van der Waals surface area (Å²) >= 11 is 0. The van der Waals surface area contributed by atoms with Gasteiger partial charge in [-0.25, -0.2) is 0 Å². The summed E-state index contributed by atoms with van der Waals surface area (Å²) in [4.78, 5) is 0. The van der Waals surface area contributed by atoms with Crippen molar-refractivity contribution in [1.29, 1.82) is 5.26 Å². The molecule has 0 saturated carbocycles. The summed E-state index contributed by atoms with van der Waals surface area (Å²) in [7, 11) is 3.25. The van der Waals surface area contributed by atoms with Gasteiger partial charge in [0.25, 0.3) is 0 Å². The molecule has 0 amide bonds. The number of nitrogens with zero attached hydrogens (tertiary/aromatic N) is 1. The molecule has 0 atom stereocenters. The van der Waals surface area contributed by atoms with Crippen LogP contribution in [0.3, 0.4) is 0 Å². The number of fused-ring (bicyclic) bond motifs is 1. The van der Waals surface area contributed by atoms with Crippen LogP contribution in [-0.4, -0.2) is 14.2 Å². The van der Waals surface area contributed by atoms with E-state index in [1.807, 2.05) is 24.3 Å². The highest BCUT2D eigenvalue weighted by molar-refractivity contribution is 5.69. The van der Waals surface area contributed by atoms with Crippen LogP contribution in [0.2, 0.25) is 0 Å². The first-order chi connectivity index (χ1) is 8.28. The molecule has 0 unspecified atom stereocenters. The summed E-state index contributed by atoms with van der Waals surface area (Å²) in [5.74, 6) is 1.47. The van der Waals surface area contributed by atoms with Gasteiger partial charge in [0.1, 0.15) is 0 Å². The Bertz CT molecular complexity index is 536. The van der Waals surface area contributed by atoms with Gasteiger partial charge in [0.2, 0.25) is 0 Å². The standard InChI is InChI=1S/C14H13NO2/c1-16-13-8-11-6-10(4-3-5-15)7-12(11)9-14(13)17-2/h3-4,6,8-9H,7H2,1-2H3. The number of hydrogen-bond donors (Lipinski definition) is 0. The predicted octanol–water partition coefficient (Wildman–Crippen LogP) is 2.72. The van der Waals surface area contributed by atoms with E-state index in [9.17, 15) is 0 Å². The largest absolute Gasteiger partial charge is 0.493 e. The Morgan fingerprint density at radius 3 is 2.59 bits per heavy atom. The first-order valence-corrected chi connectivity index (χ1v) is 5.30. The number of methoxy groups -OCH3 is 2. The SMILES string of the molecule is COc1cc2c(cc1OC)CC(C=CC#N)=C2. The lowest BCUT2D eigenvalue weighted by atomic mass is 10.1. The first-order valence-electron chi connectivity index (χ1n) is 5.30. The lowest BCUT2D eigenvalue weighted by Crippen LogP contribution is -1.93. The Labute approximate surface area is 101 Å². The van der Waals surface area contributed by atoms with Gasteiger partial charge in [0, 0.05) is 6.08 Å². The average molecular weight is 227 g/mol. The molecule has 86 valence electrons. The van der Waals surface area contributed by atoms with Crippen LogP contribution < -0.4 is 9.47 Å². The molecule has 0 aromatic heterocycles. The van der Waals surface area contributed by atoms with E-state index in [0.717, 1.165) is 29.1 Å². The van der Waals surface area contributed by atoms with Crippen molar-refractivity contribution < 1.29 is 9.47 Å². The van der Waals surface area contributed by atoms with Crippen LogP contribution in [0, 0.1) is 11.3 Å². The summed E-state index contributed by atoms with van der Waals surface area (Å²) in [6, 6.07) is 5.94. The molecule has 0 fully saturated rings. The molecular formula is C14H13NO2. The molecule has 0 heterocycles. The topological polar surface area (TPSA) is 42.2 Å². The maximum Gasteiger partial charge on any atom is 0.161 e. The van der Waals surface area contributed by atoms with Crippen molar-refractivity contribution >= 4 is 6.08 Å². The molecule has 1 aliphatic rings. The monoisotopic (exact) mass is 227 g/mol. The molecule has 0 radical (unpaired) electrons. The fourth-order valence-electron chi connectivity index (χ4n) is 1.95. The minimum Gasteiger partial charge on any atom is -0.493 e. The van der Waals surface area contributed by atoms with Crippen LogP contribution in [0.1, 0.15) is 11.1 Å². The van der Waals surface area contributed by atoms with Gasteiger partial charge in [-0.05, 0) is 41.3 Å². The Balaban J connectivity index is 2.36.